The fourth-order valence-electron chi connectivity index (χ4n) is 3.55. The topological polar surface area (TPSA) is 123 Å². The number of benzene rings is 3. The fraction of sp³-hybridized carbons (Fsp3) is 0.154. The van der Waals surface area contributed by atoms with Crippen LogP contribution in [0.5, 0.6) is 5.75 Å². The highest BCUT2D eigenvalue weighted by atomic mass is 32.2. The number of rotatable bonds is 10. The molecule has 4 rings (SSSR count). The summed E-state index contributed by atoms with van der Waals surface area (Å²) in [5, 5.41) is 9.22. The molecule has 0 fully saturated rings. The predicted octanol–water partition coefficient (Wildman–Crippen LogP) is 4.69. The van der Waals surface area contributed by atoms with Crippen LogP contribution in [0.3, 0.4) is 0 Å². The van der Waals surface area contributed by atoms with Crippen LogP contribution in [-0.2, 0) is 16.4 Å². The summed E-state index contributed by atoms with van der Waals surface area (Å²) in [4.78, 5) is 23.4. The summed E-state index contributed by atoms with van der Waals surface area (Å²) < 4.78 is 39.2. The quantitative estimate of drug-likeness (QED) is 0.307. The minimum Gasteiger partial charge on any atom is -0.494 e. The van der Waals surface area contributed by atoms with Crippen molar-refractivity contribution in [3.63, 3.8) is 0 Å². The van der Waals surface area contributed by atoms with Gasteiger partial charge in [0, 0.05) is 6.07 Å². The van der Waals surface area contributed by atoms with Gasteiger partial charge in [0.2, 0.25) is 5.76 Å². The summed E-state index contributed by atoms with van der Waals surface area (Å²) in [6, 6.07) is 21.3. The molecule has 0 saturated heterocycles. The van der Waals surface area contributed by atoms with E-state index in [1.807, 2.05) is 18.2 Å². The highest BCUT2D eigenvalue weighted by Crippen LogP contribution is 2.26. The average Bonchev–Trinajstić information content (AvgIpc) is 2.85. The van der Waals surface area contributed by atoms with Gasteiger partial charge >= 0.3 is 5.97 Å². The van der Waals surface area contributed by atoms with E-state index in [1.54, 1.807) is 12.1 Å². The average molecular weight is 494 g/mol. The number of ether oxygens (including phenoxy) is 1. The van der Waals surface area contributed by atoms with Gasteiger partial charge in [0.15, 0.2) is 11.0 Å². The van der Waals surface area contributed by atoms with Crippen LogP contribution in [-0.4, -0.2) is 26.1 Å². The predicted molar refractivity (Wildman–Crippen MR) is 132 cm³/mol. The molecule has 1 heterocycles. The van der Waals surface area contributed by atoms with Crippen LogP contribution < -0.4 is 14.9 Å². The molecular formula is C26H23NO7S. The first-order valence-corrected chi connectivity index (χ1v) is 12.4. The highest BCUT2D eigenvalue weighted by molar-refractivity contribution is 7.92. The first kappa shape index (κ1) is 24.0. The molecule has 0 unspecified atom stereocenters. The zero-order valence-electron chi connectivity index (χ0n) is 18.6. The number of carboxylic acid groups (broad SMARTS) is 1. The van der Waals surface area contributed by atoms with Gasteiger partial charge in [-0.2, -0.15) is 0 Å². The van der Waals surface area contributed by atoms with Crippen LogP contribution >= 0.6 is 0 Å². The lowest BCUT2D eigenvalue weighted by Crippen LogP contribution is -2.14. The molecule has 8 nitrogen and oxygen atoms in total. The van der Waals surface area contributed by atoms with E-state index in [0.717, 1.165) is 25.3 Å². The first-order chi connectivity index (χ1) is 16.8. The molecule has 0 saturated carbocycles. The molecule has 2 N–H and O–H groups in total. The fourth-order valence-corrected chi connectivity index (χ4v) is 4.61. The van der Waals surface area contributed by atoms with Crippen molar-refractivity contribution in [1.82, 2.24) is 0 Å². The SMILES string of the molecule is O=C(O)c1cc(=O)c2cccc(NS(=O)(=O)c3ccc(OCCCCc4ccccc4)cc3)c2o1. The molecule has 0 amide bonds. The van der Waals surface area contributed by atoms with Gasteiger partial charge < -0.3 is 14.3 Å². The van der Waals surface area contributed by atoms with Gasteiger partial charge in [-0.15, -0.1) is 0 Å². The number of aryl methyl sites for hydroxylation is 1. The Hall–Kier alpha value is -4.11. The number of sulfonamides is 1. The van der Waals surface area contributed by atoms with Gasteiger partial charge in [-0.3, -0.25) is 9.52 Å². The first-order valence-electron chi connectivity index (χ1n) is 10.9. The van der Waals surface area contributed by atoms with E-state index in [0.29, 0.717) is 12.4 Å². The second kappa shape index (κ2) is 10.4. The monoisotopic (exact) mass is 493 g/mol. The standard InChI is InChI=1S/C26H23NO7S/c28-23-17-24(26(29)30)34-25-21(23)10-6-11-22(25)27-35(31,32)20-14-12-19(13-15-20)33-16-5-4-9-18-7-2-1-3-8-18/h1-3,6-8,10-15,17,27H,4-5,9,16H2,(H,29,30). The Morgan fingerprint density at radius 1 is 0.943 bits per heavy atom. The summed E-state index contributed by atoms with van der Waals surface area (Å²) >= 11 is 0. The number of carboxylic acids is 1. The number of nitrogens with one attached hydrogen (secondary N) is 1. The Labute approximate surface area is 201 Å². The number of hydrogen-bond acceptors (Lipinski definition) is 6. The van der Waals surface area contributed by atoms with Crippen molar-refractivity contribution in [1.29, 1.82) is 0 Å². The van der Waals surface area contributed by atoms with Gasteiger partial charge in [0.1, 0.15) is 5.75 Å². The molecular weight excluding hydrogens is 470 g/mol. The second-order valence-electron chi connectivity index (χ2n) is 7.83. The molecule has 0 atom stereocenters. The number of hydrogen-bond donors (Lipinski definition) is 2. The maximum atomic E-state index is 12.9. The van der Waals surface area contributed by atoms with E-state index >= 15 is 0 Å². The number of aromatic carboxylic acids is 1. The minimum atomic E-state index is -4.04. The number of unbranched alkanes of at least 4 members (excludes halogenated alkanes) is 1. The van der Waals surface area contributed by atoms with Crippen molar-refractivity contribution in [3.05, 3.63) is 100 Å². The maximum Gasteiger partial charge on any atom is 0.371 e. The maximum absolute atomic E-state index is 12.9. The van der Waals surface area contributed by atoms with Gasteiger partial charge in [0.05, 0.1) is 22.6 Å². The molecule has 35 heavy (non-hydrogen) atoms. The molecule has 180 valence electrons. The Morgan fingerprint density at radius 3 is 2.40 bits per heavy atom. The van der Waals surface area contributed by atoms with Crippen LogP contribution in [0.4, 0.5) is 5.69 Å². The summed E-state index contributed by atoms with van der Waals surface area (Å²) in [7, 11) is -4.04. The van der Waals surface area contributed by atoms with E-state index < -0.39 is 27.2 Å². The Morgan fingerprint density at radius 2 is 1.69 bits per heavy atom. The largest absolute Gasteiger partial charge is 0.494 e. The molecule has 9 heteroatoms. The summed E-state index contributed by atoms with van der Waals surface area (Å²) in [6.07, 6.45) is 2.81. The number of carbonyl (C=O) groups is 1. The van der Waals surface area contributed by atoms with Crippen LogP contribution in [0.2, 0.25) is 0 Å². The molecule has 4 aromatic rings. The van der Waals surface area contributed by atoms with Crippen LogP contribution in [0.25, 0.3) is 11.0 Å². The third-order valence-electron chi connectivity index (χ3n) is 5.32. The van der Waals surface area contributed by atoms with E-state index in [-0.39, 0.29) is 21.6 Å². The van der Waals surface area contributed by atoms with Crippen molar-refractivity contribution in [3.8, 4) is 5.75 Å². The minimum absolute atomic E-state index is 0.0253. The van der Waals surface area contributed by atoms with Crippen molar-refractivity contribution >= 4 is 32.6 Å². The lowest BCUT2D eigenvalue weighted by Gasteiger charge is -2.11. The summed E-state index contributed by atoms with van der Waals surface area (Å²) in [5.74, 6) is -1.47. The number of anilines is 1. The van der Waals surface area contributed by atoms with Crippen LogP contribution in [0.15, 0.2) is 93.0 Å². The third-order valence-corrected chi connectivity index (χ3v) is 6.70. The Bertz CT molecular complexity index is 1490. The van der Waals surface area contributed by atoms with Gasteiger partial charge in [0.25, 0.3) is 10.0 Å². The smallest absolute Gasteiger partial charge is 0.371 e. The van der Waals surface area contributed by atoms with Crippen molar-refractivity contribution < 1.29 is 27.5 Å². The zero-order valence-corrected chi connectivity index (χ0v) is 19.5. The third kappa shape index (κ3) is 5.88. The Balaban J connectivity index is 1.41. The molecule has 1 aromatic heterocycles. The zero-order chi connectivity index (χ0) is 24.8. The van der Waals surface area contributed by atoms with Gasteiger partial charge in [-0.05, 0) is 61.2 Å². The summed E-state index contributed by atoms with van der Waals surface area (Å²) in [5.41, 5.74) is 0.493. The molecule has 0 radical (unpaired) electrons. The van der Waals surface area contributed by atoms with Gasteiger partial charge in [-0.1, -0.05) is 36.4 Å². The normalized spacial score (nSPS) is 11.3. The van der Waals surface area contributed by atoms with Crippen molar-refractivity contribution in [2.24, 2.45) is 0 Å². The van der Waals surface area contributed by atoms with E-state index in [1.165, 1.54) is 35.9 Å². The van der Waals surface area contributed by atoms with Crippen molar-refractivity contribution in [2.75, 3.05) is 11.3 Å². The van der Waals surface area contributed by atoms with E-state index in [4.69, 9.17) is 14.3 Å². The lowest BCUT2D eigenvalue weighted by atomic mass is 10.1. The lowest BCUT2D eigenvalue weighted by molar-refractivity contribution is 0.0663. The molecule has 0 bridgehead atoms. The number of fused-ring (bicyclic) bond motifs is 1. The highest BCUT2D eigenvalue weighted by Gasteiger charge is 2.19. The van der Waals surface area contributed by atoms with E-state index in [2.05, 4.69) is 16.9 Å². The summed E-state index contributed by atoms with van der Waals surface area (Å²) in [6.45, 7) is 0.512. The molecule has 0 aliphatic heterocycles. The number of para-hydroxylation sites is 1. The Kier molecular flexibility index (Phi) is 7.17. The molecule has 0 spiro atoms. The molecule has 0 aliphatic rings. The van der Waals surface area contributed by atoms with Crippen LogP contribution in [0.1, 0.15) is 29.0 Å². The molecule has 0 aliphatic carbocycles. The van der Waals surface area contributed by atoms with E-state index in [9.17, 15) is 18.0 Å². The van der Waals surface area contributed by atoms with Crippen LogP contribution in [0, 0.1) is 0 Å². The van der Waals surface area contributed by atoms with Gasteiger partial charge in [-0.25, -0.2) is 13.2 Å². The van der Waals surface area contributed by atoms with Crippen molar-refractivity contribution in [2.45, 2.75) is 24.2 Å². The second-order valence-corrected chi connectivity index (χ2v) is 9.51. The molecule has 3 aromatic carbocycles.